The zero-order chi connectivity index (χ0) is 14.1. The average Bonchev–Trinajstić information content (AvgIpc) is 2.17. The number of carbonyl (C=O) groups excluding carboxylic acids is 1. The summed E-state index contributed by atoms with van der Waals surface area (Å²) in [5.41, 5.74) is -1.79. The van der Waals surface area contributed by atoms with Crippen molar-refractivity contribution in [2.45, 2.75) is 33.4 Å². The first-order chi connectivity index (χ1) is 8.01. The van der Waals surface area contributed by atoms with Gasteiger partial charge in [-0.05, 0) is 17.7 Å². The molecule has 0 fully saturated rings. The van der Waals surface area contributed by atoms with Crippen molar-refractivity contribution in [3.8, 4) is 0 Å². The summed E-state index contributed by atoms with van der Waals surface area (Å²) in [6.07, 6.45) is -4.88. The van der Waals surface area contributed by atoms with Crippen molar-refractivity contribution in [1.82, 2.24) is 0 Å². The van der Waals surface area contributed by atoms with Crippen molar-refractivity contribution >= 4 is 5.78 Å². The van der Waals surface area contributed by atoms with Gasteiger partial charge in [-0.25, -0.2) is 4.39 Å². The van der Waals surface area contributed by atoms with Crippen molar-refractivity contribution in [2.75, 3.05) is 0 Å². The minimum absolute atomic E-state index is 0.132. The van der Waals surface area contributed by atoms with E-state index in [1.54, 1.807) is 20.8 Å². The Morgan fingerprint density at radius 2 is 1.72 bits per heavy atom. The van der Waals surface area contributed by atoms with E-state index in [0.29, 0.717) is 6.07 Å². The van der Waals surface area contributed by atoms with E-state index in [1.165, 1.54) is 6.07 Å². The molecule has 0 bridgehead atoms. The van der Waals surface area contributed by atoms with Crippen LogP contribution in [-0.4, -0.2) is 5.78 Å². The highest BCUT2D eigenvalue weighted by molar-refractivity contribution is 5.85. The minimum atomic E-state index is -4.75. The molecule has 0 aliphatic heterocycles. The number of hydrogen-bond donors (Lipinski definition) is 0. The lowest BCUT2D eigenvalue weighted by Crippen LogP contribution is -2.22. The summed E-state index contributed by atoms with van der Waals surface area (Å²) in [6, 6.07) is 2.64. The quantitative estimate of drug-likeness (QED) is 0.736. The van der Waals surface area contributed by atoms with Gasteiger partial charge in [-0.1, -0.05) is 26.8 Å². The molecule has 1 aromatic rings. The summed E-state index contributed by atoms with van der Waals surface area (Å²) in [5.74, 6) is -1.52. The summed E-state index contributed by atoms with van der Waals surface area (Å²) in [5, 5.41) is 0. The SMILES string of the molecule is CC(C)(C)C(=O)Cc1ccc(F)c(C(F)(F)F)c1. The van der Waals surface area contributed by atoms with Crippen LogP contribution in [0.25, 0.3) is 0 Å². The van der Waals surface area contributed by atoms with E-state index in [9.17, 15) is 22.4 Å². The summed E-state index contributed by atoms with van der Waals surface area (Å²) in [6.45, 7) is 5.05. The molecule has 0 saturated carbocycles. The van der Waals surface area contributed by atoms with Crippen LogP contribution in [0.15, 0.2) is 18.2 Å². The smallest absolute Gasteiger partial charge is 0.299 e. The molecular formula is C13H14F4O. The van der Waals surface area contributed by atoms with Gasteiger partial charge in [0.15, 0.2) is 0 Å². The molecule has 0 atom stereocenters. The van der Waals surface area contributed by atoms with E-state index in [0.717, 1.165) is 6.07 Å². The maximum absolute atomic E-state index is 13.0. The molecule has 1 rings (SSSR count). The Hall–Kier alpha value is -1.39. The Bertz CT molecular complexity index is 455. The summed E-state index contributed by atoms with van der Waals surface area (Å²) in [7, 11) is 0. The van der Waals surface area contributed by atoms with Crippen LogP contribution in [0.2, 0.25) is 0 Å². The molecule has 0 N–H and O–H groups in total. The highest BCUT2D eigenvalue weighted by atomic mass is 19.4. The molecule has 0 aliphatic carbocycles. The van der Waals surface area contributed by atoms with Gasteiger partial charge in [0.25, 0.3) is 0 Å². The van der Waals surface area contributed by atoms with Crippen LogP contribution in [0, 0.1) is 11.2 Å². The molecule has 0 radical (unpaired) electrons. The molecule has 18 heavy (non-hydrogen) atoms. The molecule has 0 saturated heterocycles. The van der Waals surface area contributed by atoms with Gasteiger partial charge in [-0.2, -0.15) is 13.2 Å². The van der Waals surface area contributed by atoms with Gasteiger partial charge in [0.2, 0.25) is 0 Å². The minimum Gasteiger partial charge on any atom is -0.299 e. The molecular weight excluding hydrogens is 248 g/mol. The third kappa shape index (κ3) is 3.55. The number of alkyl halides is 3. The fourth-order valence-corrected chi connectivity index (χ4v) is 1.35. The van der Waals surface area contributed by atoms with Gasteiger partial charge in [0, 0.05) is 11.8 Å². The maximum Gasteiger partial charge on any atom is 0.419 e. The van der Waals surface area contributed by atoms with Crippen LogP contribution in [0.5, 0.6) is 0 Å². The number of hydrogen-bond acceptors (Lipinski definition) is 1. The molecule has 5 heteroatoms. The van der Waals surface area contributed by atoms with E-state index >= 15 is 0 Å². The third-order valence-electron chi connectivity index (χ3n) is 2.54. The van der Waals surface area contributed by atoms with E-state index in [1.807, 2.05) is 0 Å². The molecule has 0 heterocycles. The summed E-state index contributed by atoms with van der Waals surface area (Å²) in [4.78, 5) is 11.7. The van der Waals surface area contributed by atoms with Gasteiger partial charge in [0.1, 0.15) is 11.6 Å². The van der Waals surface area contributed by atoms with Crippen molar-refractivity contribution in [2.24, 2.45) is 5.41 Å². The molecule has 0 aromatic heterocycles. The van der Waals surface area contributed by atoms with E-state index in [2.05, 4.69) is 0 Å². The molecule has 0 spiro atoms. The van der Waals surface area contributed by atoms with Crippen molar-refractivity contribution in [3.63, 3.8) is 0 Å². The maximum atomic E-state index is 13.0. The Balaban J connectivity index is 3.04. The molecule has 1 nitrogen and oxygen atoms in total. The number of benzene rings is 1. The van der Waals surface area contributed by atoms with Crippen LogP contribution in [-0.2, 0) is 17.4 Å². The number of Topliss-reactive ketones (excluding diaryl/α,β-unsaturated/α-hetero) is 1. The van der Waals surface area contributed by atoms with Crippen molar-refractivity contribution < 1.29 is 22.4 Å². The lowest BCUT2D eigenvalue weighted by Gasteiger charge is -2.17. The lowest BCUT2D eigenvalue weighted by molar-refractivity contribution is -0.140. The summed E-state index contributed by atoms with van der Waals surface area (Å²) < 4.78 is 50.5. The van der Waals surface area contributed by atoms with Gasteiger partial charge in [-0.3, -0.25) is 4.79 Å². The van der Waals surface area contributed by atoms with Gasteiger partial charge in [-0.15, -0.1) is 0 Å². The van der Waals surface area contributed by atoms with Crippen molar-refractivity contribution in [3.05, 3.63) is 35.1 Å². The number of carbonyl (C=O) groups is 1. The monoisotopic (exact) mass is 262 g/mol. The van der Waals surface area contributed by atoms with Crippen molar-refractivity contribution in [1.29, 1.82) is 0 Å². The number of rotatable bonds is 2. The first kappa shape index (κ1) is 14.7. The summed E-state index contributed by atoms with van der Waals surface area (Å²) >= 11 is 0. The third-order valence-corrected chi connectivity index (χ3v) is 2.54. The van der Waals surface area contributed by atoms with Crippen LogP contribution in [0.4, 0.5) is 17.6 Å². The van der Waals surface area contributed by atoms with Gasteiger partial charge in [0.05, 0.1) is 5.56 Å². The fraction of sp³-hybridized carbons (Fsp3) is 0.462. The first-order valence-corrected chi connectivity index (χ1v) is 5.41. The topological polar surface area (TPSA) is 17.1 Å². The predicted molar refractivity (Wildman–Crippen MR) is 59.6 cm³/mol. The molecule has 1 aromatic carbocycles. The molecule has 100 valence electrons. The van der Waals surface area contributed by atoms with E-state index in [4.69, 9.17) is 0 Å². The average molecular weight is 262 g/mol. The largest absolute Gasteiger partial charge is 0.419 e. The second-order valence-corrected chi connectivity index (χ2v) is 5.16. The van der Waals surface area contributed by atoms with Crippen LogP contribution < -0.4 is 0 Å². The Morgan fingerprint density at radius 3 is 2.17 bits per heavy atom. The Morgan fingerprint density at radius 1 is 1.17 bits per heavy atom. The standard InChI is InChI=1S/C13H14F4O/c1-12(2,3)11(18)7-8-4-5-10(14)9(6-8)13(15,16)17/h4-6H,7H2,1-3H3. The first-order valence-electron chi connectivity index (χ1n) is 5.41. The Kier molecular flexibility index (Phi) is 3.84. The number of halogens is 4. The van der Waals surface area contributed by atoms with Gasteiger partial charge >= 0.3 is 6.18 Å². The normalized spacial score (nSPS) is 12.6. The van der Waals surface area contributed by atoms with E-state index in [-0.39, 0.29) is 17.8 Å². The highest BCUT2D eigenvalue weighted by Gasteiger charge is 2.34. The van der Waals surface area contributed by atoms with E-state index < -0.39 is 23.0 Å². The molecule has 0 amide bonds. The Labute approximate surface area is 103 Å². The number of ketones is 1. The second kappa shape index (κ2) is 4.71. The van der Waals surface area contributed by atoms with Crippen LogP contribution in [0.3, 0.4) is 0 Å². The second-order valence-electron chi connectivity index (χ2n) is 5.16. The molecule has 0 unspecified atom stereocenters. The highest BCUT2D eigenvalue weighted by Crippen LogP contribution is 2.32. The van der Waals surface area contributed by atoms with Crippen LogP contribution >= 0.6 is 0 Å². The van der Waals surface area contributed by atoms with Crippen LogP contribution in [0.1, 0.15) is 31.9 Å². The zero-order valence-corrected chi connectivity index (χ0v) is 10.4. The van der Waals surface area contributed by atoms with Gasteiger partial charge < -0.3 is 0 Å². The molecule has 0 aliphatic rings. The lowest BCUT2D eigenvalue weighted by atomic mass is 9.87. The zero-order valence-electron chi connectivity index (χ0n) is 10.4. The predicted octanol–water partition coefficient (Wildman–Crippen LogP) is 4.00. The fourth-order valence-electron chi connectivity index (χ4n) is 1.35.